The molecule has 2 aromatic carbocycles. The van der Waals surface area contributed by atoms with Crippen molar-refractivity contribution >= 4 is 46.0 Å². The van der Waals surface area contributed by atoms with Crippen molar-refractivity contribution in [1.82, 2.24) is 14.8 Å². The van der Waals surface area contributed by atoms with Gasteiger partial charge >= 0.3 is 0 Å². The van der Waals surface area contributed by atoms with Crippen molar-refractivity contribution in [2.24, 2.45) is 10.8 Å². The summed E-state index contributed by atoms with van der Waals surface area (Å²) in [6, 6.07) is 7.31. The maximum absolute atomic E-state index is 14.6. The summed E-state index contributed by atoms with van der Waals surface area (Å²) in [5.74, 6) is -2.46. The number of azide groups is 1. The van der Waals surface area contributed by atoms with Crippen molar-refractivity contribution in [1.29, 1.82) is 0 Å². The molecule has 214 valence electrons. The SMILES string of the molecule is CC(=O)c1cn(CC(=O)N(CC(=O)NCc2cc(C3CC3N)cc(Cl)c2F)C(C)C)c2ccc(C(=O)N=[N+]=[N-])cc12. The summed E-state index contributed by atoms with van der Waals surface area (Å²) in [6.07, 6.45) is 2.30. The molecule has 3 amide bonds. The van der Waals surface area contributed by atoms with Gasteiger partial charge in [-0.05, 0) is 67.7 Å². The number of aromatic nitrogens is 1. The zero-order valence-electron chi connectivity index (χ0n) is 22.7. The Hall–Kier alpha value is -4.25. The summed E-state index contributed by atoms with van der Waals surface area (Å²) in [6.45, 7) is 4.31. The van der Waals surface area contributed by atoms with Crippen molar-refractivity contribution < 1.29 is 23.6 Å². The topological polar surface area (TPSA) is 163 Å². The maximum Gasteiger partial charge on any atom is 0.249 e. The Morgan fingerprint density at radius 2 is 1.98 bits per heavy atom. The van der Waals surface area contributed by atoms with Gasteiger partial charge in [-0.25, -0.2) is 4.39 Å². The van der Waals surface area contributed by atoms with Crippen molar-refractivity contribution in [2.45, 2.75) is 58.3 Å². The zero-order chi connectivity index (χ0) is 30.0. The van der Waals surface area contributed by atoms with Crippen LogP contribution in [0, 0.1) is 5.82 Å². The Bertz CT molecular complexity index is 1610. The van der Waals surface area contributed by atoms with Gasteiger partial charge < -0.3 is 20.5 Å². The largest absolute Gasteiger partial charge is 0.350 e. The molecule has 1 aromatic heterocycles. The second kappa shape index (κ2) is 12.1. The highest BCUT2D eigenvalue weighted by atomic mass is 35.5. The highest BCUT2D eigenvalue weighted by Crippen LogP contribution is 2.40. The molecular weight excluding hydrogens is 553 g/mol. The number of hydrogen-bond acceptors (Lipinski definition) is 5. The number of Topliss-reactive ketones (excluding diaryl/α,β-unsaturated/α-hetero) is 1. The van der Waals surface area contributed by atoms with Gasteiger partial charge in [-0.2, -0.15) is 0 Å². The highest BCUT2D eigenvalue weighted by molar-refractivity contribution is 6.30. The Morgan fingerprint density at radius 3 is 2.59 bits per heavy atom. The van der Waals surface area contributed by atoms with Gasteiger partial charge in [0.25, 0.3) is 0 Å². The van der Waals surface area contributed by atoms with Crippen LogP contribution in [0.5, 0.6) is 0 Å². The van der Waals surface area contributed by atoms with E-state index in [4.69, 9.17) is 22.9 Å². The van der Waals surface area contributed by atoms with Crippen LogP contribution in [0.3, 0.4) is 0 Å². The number of halogens is 2. The first-order valence-corrected chi connectivity index (χ1v) is 13.3. The van der Waals surface area contributed by atoms with E-state index in [0.717, 1.165) is 12.0 Å². The quantitative estimate of drug-likeness (QED) is 0.156. The predicted octanol–water partition coefficient (Wildman–Crippen LogP) is 4.45. The minimum atomic E-state index is -0.797. The van der Waals surface area contributed by atoms with E-state index in [2.05, 4.69) is 15.3 Å². The van der Waals surface area contributed by atoms with Crippen LogP contribution in [0.2, 0.25) is 5.02 Å². The normalized spacial score (nSPS) is 15.9. The van der Waals surface area contributed by atoms with Gasteiger partial charge in [-0.15, -0.1) is 0 Å². The fourth-order valence-corrected chi connectivity index (χ4v) is 5.00. The Balaban J connectivity index is 1.49. The average molecular weight is 582 g/mol. The number of carbonyl (C=O) groups excluding carboxylic acids is 4. The number of benzene rings is 2. The lowest BCUT2D eigenvalue weighted by Gasteiger charge is -2.26. The minimum absolute atomic E-state index is 0.00999. The van der Waals surface area contributed by atoms with E-state index >= 15 is 0 Å². The molecule has 0 saturated heterocycles. The van der Waals surface area contributed by atoms with E-state index in [1.165, 1.54) is 30.2 Å². The Morgan fingerprint density at radius 1 is 1.27 bits per heavy atom. The molecule has 1 fully saturated rings. The number of hydrogen-bond donors (Lipinski definition) is 2. The molecule has 0 radical (unpaired) electrons. The molecule has 1 aliphatic carbocycles. The number of ketones is 1. The number of nitrogens with two attached hydrogens (primary N) is 1. The Labute approximate surface area is 240 Å². The van der Waals surface area contributed by atoms with E-state index in [1.807, 2.05) is 0 Å². The van der Waals surface area contributed by atoms with Crippen LogP contribution < -0.4 is 11.1 Å². The summed E-state index contributed by atoms with van der Waals surface area (Å²) in [7, 11) is 0. The first kappa shape index (κ1) is 29.7. The molecule has 4 rings (SSSR count). The molecule has 13 heteroatoms. The molecule has 0 aliphatic heterocycles. The second-order valence-corrected chi connectivity index (χ2v) is 10.7. The number of fused-ring (bicyclic) bond motifs is 1. The lowest BCUT2D eigenvalue weighted by Crippen LogP contribution is -2.45. The molecule has 1 heterocycles. The van der Waals surface area contributed by atoms with Gasteiger partial charge in [0, 0.05) is 63.2 Å². The molecule has 2 unspecified atom stereocenters. The van der Waals surface area contributed by atoms with Gasteiger partial charge in [0.2, 0.25) is 17.7 Å². The zero-order valence-corrected chi connectivity index (χ0v) is 23.5. The monoisotopic (exact) mass is 581 g/mol. The highest BCUT2D eigenvalue weighted by Gasteiger charge is 2.35. The minimum Gasteiger partial charge on any atom is -0.350 e. The predicted molar refractivity (Wildman–Crippen MR) is 151 cm³/mol. The van der Waals surface area contributed by atoms with Crippen molar-refractivity contribution in [2.75, 3.05) is 6.54 Å². The van der Waals surface area contributed by atoms with Crippen LogP contribution in [0.4, 0.5) is 4.39 Å². The van der Waals surface area contributed by atoms with Gasteiger partial charge in [0.05, 0.1) is 11.6 Å². The van der Waals surface area contributed by atoms with Gasteiger partial charge in [0.15, 0.2) is 5.78 Å². The van der Waals surface area contributed by atoms with E-state index < -0.39 is 23.5 Å². The third-order valence-electron chi connectivity index (χ3n) is 7.08. The molecule has 11 nitrogen and oxygen atoms in total. The number of rotatable bonds is 10. The molecule has 0 spiro atoms. The van der Waals surface area contributed by atoms with Crippen molar-refractivity contribution in [3.05, 3.63) is 80.1 Å². The standard InChI is InChI=1S/C28H29ClFN7O4/c1-14(2)37(12-25(39)33-10-18-6-17(19-9-23(19)31)8-22(29)27(18)30)26(40)13-36-11-21(15(3)38)20-7-16(4-5-24(20)36)28(41)34-35-32/h4-8,11,14,19,23H,9-10,12-13,31H2,1-3H3,(H,33,39). The lowest BCUT2D eigenvalue weighted by molar-refractivity contribution is -0.138. The first-order valence-electron chi connectivity index (χ1n) is 12.9. The number of amides is 3. The first-order chi connectivity index (χ1) is 19.4. The summed E-state index contributed by atoms with van der Waals surface area (Å²) in [5, 5.41) is 6.13. The smallest absolute Gasteiger partial charge is 0.249 e. The summed E-state index contributed by atoms with van der Waals surface area (Å²) in [5.41, 5.74) is 16.4. The van der Waals surface area contributed by atoms with Gasteiger partial charge in [-0.1, -0.05) is 17.7 Å². The van der Waals surface area contributed by atoms with Crippen LogP contribution in [0.1, 0.15) is 65.0 Å². The van der Waals surface area contributed by atoms with E-state index in [9.17, 15) is 23.6 Å². The van der Waals surface area contributed by atoms with E-state index in [1.54, 1.807) is 36.6 Å². The summed E-state index contributed by atoms with van der Waals surface area (Å²) >= 11 is 6.06. The lowest BCUT2D eigenvalue weighted by atomic mass is 10.1. The number of nitrogens with zero attached hydrogens (tertiary/aromatic N) is 5. The van der Waals surface area contributed by atoms with Crippen LogP contribution in [-0.4, -0.2) is 51.6 Å². The molecule has 2 atom stereocenters. The fraction of sp³-hybridized carbons (Fsp3) is 0.357. The molecule has 0 bridgehead atoms. The van der Waals surface area contributed by atoms with Crippen LogP contribution in [0.15, 0.2) is 41.6 Å². The molecule has 3 N–H and O–H groups in total. The second-order valence-electron chi connectivity index (χ2n) is 10.3. The third kappa shape index (κ3) is 6.57. The summed E-state index contributed by atoms with van der Waals surface area (Å²) in [4.78, 5) is 54.4. The third-order valence-corrected chi connectivity index (χ3v) is 7.35. The molecular formula is C28H29ClFN7O4. The van der Waals surface area contributed by atoms with Crippen LogP contribution in [-0.2, 0) is 22.7 Å². The number of carbonyl (C=O) groups is 4. The maximum atomic E-state index is 14.6. The van der Waals surface area contributed by atoms with Crippen molar-refractivity contribution in [3.63, 3.8) is 0 Å². The van der Waals surface area contributed by atoms with Gasteiger partial charge in [-0.3, -0.25) is 19.2 Å². The Kier molecular flexibility index (Phi) is 8.77. The van der Waals surface area contributed by atoms with E-state index in [-0.39, 0.29) is 65.1 Å². The number of nitrogens with one attached hydrogen (secondary N) is 1. The summed E-state index contributed by atoms with van der Waals surface area (Å²) < 4.78 is 16.2. The fourth-order valence-electron chi connectivity index (χ4n) is 4.75. The molecule has 1 saturated carbocycles. The molecule has 41 heavy (non-hydrogen) atoms. The molecule has 3 aromatic rings. The molecule has 1 aliphatic rings. The van der Waals surface area contributed by atoms with Crippen molar-refractivity contribution in [3.8, 4) is 0 Å². The average Bonchev–Trinajstić information content (AvgIpc) is 3.54. The van der Waals surface area contributed by atoms with Crippen LogP contribution >= 0.6 is 11.6 Å². The van der Waals surface area contributed by atoms with Crippen LogP contribution in [0.25, 0.3) is 21.3 Å². The van der Waals surface area contributed by atoms with E-state index in [0.29, 0.717) is 10.9 Å². The van der Waals surface area contributed by atoms with Gasteiger partial charge in [0.1, 0.15) is 12.4 Å².